The molecule has 2 aromatic heterocycles. The molecule has 3 aromatic carbocycles. The number of benzene rings is 3. The number of aliphatic hydroxyl groups is 1. The number of fused-ring (bicyclic) bond motifs is 1. The second-order valence-corrected chi connectivity index (χ2v) is 11.7. The summed E-state index contributed by atoms with van der Waals surface area (Å²) in [5.74, 6) is -0.140. The van der Waals surface area contributed by atoms with Crippen molar-refractivity contribution >= 4 is 39.6 Å². The molecule has 0 saturated carbocycles. The second-order valence-electron chi connectivity index (χ2n) is 9.28. The van der Waals surface area contributed by atoms with Gasteiger partial charge in [-0.1, -0.05) is 84.9 Å². The number of thiazole rings is 2. The maximum Gasteiger partial charge on any atom is 0.196 e. The number of nitrogens with zero attached hydrogens (tertiary/aromatic N) is 2. The molecule has 1 aliphatic carbocycles. The Hall–Kier alpha value is -3.71. The highest BCUT2D eigenvalue weighted by atomic mass is 32.1. The monoisotopic (exact) mass is 520 g/mol. The lowest BCUT2D eigenvalue weighted by atomic mass is 9.72. The quantitative estimate of drug-likeness (QED) is 0.265. The Morgan fingerprint density at radius 3 is 1.78 bits per heavy atom. The molecule has 4 nitrogen and oxygen atoms in total. The van der Waals surface area contributed by atoms with E-state index in [2.05, 4.69) is 0 Å². The van der Waals surface area contributed by atoms with Gasteiger partial charge < -0.3 is 5.11 Å². The molecule has 1 N–H and O–H groups in total. The third-order valence-corrected chi connectivity index (χ3v) is 8.81. The number of aromatic nitrogens is 2. The third kappa shape index (κ3) is 3.89. The molecule has 1 aliphatic rings. The van der Waals surface area contributed by atoms with Gasteiger partial charge in [-0.05, 0) is 26.3 Å². The standard InChI is InChI=1S/C31H24N2O2S2/c1-18-26(32-29(36-18)20-12-6-4-7-13-20)24-25(31(3,35)23-17-11-10-16-22(23)28(24)34)27-19(2)37-30(33-27)21-14-8-5-9-15-21/h4-17,35H,1-3H3/t31-/m0/s1. The van der Waals surface area contributed by atoms with Crippen molar-refractivity contribution in [1.82, 2.24) is 9.97 Å². The van der Waals surface area contributed by atoms with Gasteiger partial charge in [0.1, 0.15) is 15.6 Å². The molecule has 6 rings (SSSR count). The maximum atomic E-state index is 14.1. The van der Waals surface area contributed by atoms with Crippen LogP contribution in [0.15, 0.2) is 84.9 Å². The number of ketones is 1. The summed E-state index contributed by atoms with van der Waals surface area (Å²) in [6, 6.07) is 27.2. The van der Waals surface area contributed by atoms with E-state index >= 15 is 0 Å². The van der Waals surface area contributed by atoms with Crippen LogP contribution in [-0.4, -0.2) is 20.9 Å². The van der Waals surface area contributed by atoms with Gasteiger partial charge in [-0.15, -0.1) is 22.7 Å². The molecule has 37 heavy (non-hydrogen) atoms. The Kier molecular flexibility index (Phi) is 5.75. The average Bonchev–Trinajstić information content (AvgIpc) is 3.49. The maximum absolute atomic E-state index is 14.1. The fraction of sp³-hybridized carbons (Fsp3) is 0.129. The topological polar surface area (TPSA) is 63.1 Å². The molecule has 0 amide bonds. The Morgan fingerprint density at radius 1 is 0.703 bits per heavy atom. The molecule has 0 aliphatic heterocycles. The molecule has 0 radical (unpaired) electrons. The van der Waals surface area contributed by atoms with Gasteiger partial charge in [-0.2, -0.15) is 0 Å². The summed E-state index contributed by atoms with van der Waals surface area (Å²) in [4.78, 5) is 26.0. The summed E-state index contributed by atoms with van der Waals surface area (Å²) in [5.41, 5.74) is 3.83. The molecular formula is C31H24N2O2S2. The number of carbonyl (C=O) groups is 1. The third-order valence-electron chi connectivity index (χ3n) is 6.77. The van der Waals surface area contributed by atoms with Crippen molar-refractivity contribution in [3.63, 3.8) is 0 Å². The predicted octanol–water partition coefficient (Wildman–Crippen LogP) is 7.57. The Bertz CT molecular complexity index is 1680. The van der Waals surface area contributed by atoms with E-state index in [0.717, 1.165) is 30.9 Å². The molecule has 182 valence electrons. The van der Waals surface area contributed by atoms with Crippen molar-refractivity contribution in [3.8, 4) is 21.1 Å². The minimum atomic E-state index is -1.43. The number of aryl methyl sites for hydroxylation is 2. The van der Waals surface area contributed by atoms with Crippen LogP contribution >= 0.6 is 22.7 Å². The van der Waals surface area contributed by atoms with Crippen molar-refractivity contribution in [2.45, 2.75) is 26.4 Å². The number of carbonyl (C=O) groups excluding carboxylic acids is 1. The first-order valence-corrected chi connectivity index (χ1v) is 13.7. The minimum Gasteiger partial charge on any atom is -0.381 e. The number of hydrogen-bond acceptors (Lipinski definition) is 6. The highest BCUT2D eigenvalue weighted by molar-refractivity contribution is 7.15. The van der Waals surface area contributed by atoms with Crippen LogP contribution in [-0.2, 0) is 5.60 Å². The molecule has 5 aromatic rings. The number of hydrogen-bond donors (Lipinski definition) is 1. The van der Waals surface area contributed by atoms with E-state index < -0.39 is 5.60 Å². The van der Waals surface area contributed by atoms with Crippen LogP contribution in [0.1, 0.15) is 44.0 Å². The first kappa shape index (κ1) is 23.7. The normalized spacial score (nSPS) is 17.2. The Balaban J connectivity index is 1.64. The van der Waals surface area contributed by atoms with Crippen LogP contribution in [0.2, 0.25) is 0 Å². The summed E-state index contributed by atoms with van der Waals surface area (Å²) >= 11 is 3.11. The van der Waals surface area contributed by atoms with Gasteiger partial charge in [0.05, 0.1) is 17.0 Å². The van der Waals surface area contributed by atoms with Gasteiger partial charge in [-0.3, -0.25) is 4.79 Å². The minimum absolute atomic E-state index is 0.140. The van der Waals surface area contributed by atoms with Gasteiger partial charge in [0.25, 0.3) is 0 Å². The Labute approximate surface area is 223 Å². The van der Waals surface area contributed by atoms with Gasteiger partial charge in [0.15, 0.2) is 5.78 Å². The number of allylic oxidation sites excluding steroid dienone is 1. The predicted molar refractivity (Wildman–Crippen MR) is 152 cm³/mol. The van der Waals surface area contributed by atoms with Crippen LogP contribution in [0.5, 0.6) is 0 Å². The van der Waals surface area contributed by atoms with E-state index in [4.69, 9.17) is 9.97 Å². The van der Waals surface area contributed by atoms with Crippen molar-refractivity contribution in [2.75, 3.05) is 0 Å². The highest BCUT2D eigenvalue weighted by Gasteiger charge is 2.44. The van der Waals surface area contributed by atoms with Gasteiger partial charge in [0.2, 0.25) is 0 Å². The summed E-state index contributed by atoms with van der Waals surface area (Å²) in [6.07, 6.45) is 0. The number of Topliss-reactive ketones (excluding diaryl/α,β-unsaturated/α-hetero) is 1. The van der Waals surface area contributed by atoms with Crippen LogP contribution in [0.3, 0.4) is 0 Å². The molecule has 1 atom stereocenters. The second kappa shape index (κ2) is 8.99. The van der Waals surface area contributed by atoms with E-state index in [0.29, 0.717) is 33.7 Å². The fourth-order valence-corrected chi connectivity index (χ4v) is 6.82. The zero-order valence-electron chi connectivity index (χ0n) is 20.6. The summed E-state index contributed by atoms with van der Waals surface area (Å²) in [7, 11) is 0. The van der Waals surface area contributed by atoms with Crippen LogP contribution in [0, 0.1) is 13.8 Å². The molecule has 0 spiro atoms. The molecule has 6 heteroatoms. The van der Waals surface area contributed by atoms with Gasteiger partial charge in [0, 0.05) is 32.0 Å². The Morgan fingerprint density at radius 2 is 1.19 bits per heavy atom. The molecule has 2 heterocycles. The van der Waals surface area contributed by atoms with Crippen LogP contribution in [0.25, 0.3) is 32.3 Å². The van der Waals surface area contributed by atoms with E-state index in [9.17, 15) is 9.90 Å². The van der Waals surface area contributed by atoms with Gasteiger partial charge in [-0.25, -0.2) is 9.97 Å². The van der Waals surface area contributed by atoms with Crippen LogP contribution < -0.4 is 0 Å². The zero-order chi connectivity index (χ0) is 25.7. The lowest BCUT2D eigenvalue weighted by molar-refractivity contribution is 0.0985. The van der Waals surface area contributed by atoms with E-state index in [1.165, 1.54) is 0 Å². The smallest absolute Gasteiger partial charge is 0.196 e. The fourth-order valence-electron chi connectivity index (χ4n) is 4.97. The summed E-state index contributed by atoms with van der Waals surface area (Å²) < 4.78 is 0. The average molecular weight is 521 g/mol. The largest absolute Gasteiger partial charge is 0.381 e. The molecule has 0 bridgehead atoms. The molecule has 0 saturated heterocycles. The van der Waals surface area contributed by atoms with Crippen LogP contribution in [0.4, 0.5) is 0 Å². The van der Waals surface area contributed by atoms with E-state index in [-0.39, 0.29) is 5.78 Å². The first-order valence-electron chi connectivity index (χ1n) is 12.0. The van der Waals surface area contributed by atoms with Crippen molar-refractivity contribution < 1.29 is 9.90 Å². The van der Waals surface area contributed by atoms with Crippen molar-refractivity contribution in [1.29, 1.82) is 0 Å². The lowest BCUT2D eigenvalue weighted by Gasteiger charge is -2.34. The lowest BCUT2D eigenvalue weighted by Crippen LogP contribution is -2.33. The van der Waals surface area contributed by atoms with Crippen molar-refractivity contribution in [2.24, 2.45) is 0 Å². The highest BCUT2D eigenvalue weighted by Crippen LogP contribution is 2.50. The molecule has 0 fully saturated rings. The zero-order valence-corrected chi connectivity index (χ0v) is 22.3. The molecular weight excluding hydrogens is 496 g/mol. The van der Waals surface area contributed by atoms with Gasteiger partial charge >= 0.3 is 0 Å². The summed E-state index contributed by atoms with van der Waals surface area (Å²) in [6.45, 7) is 5.73. The SMILES string of the molecule is Cc1sc(-c2ccccc2)nc1C1=C(c2nc(-c3ccccc3)sc2C)[C@@](C)(O)c2ccccc2C1=O. The van der Waals surface area contributed by atoms with E-state index in [1.807, 2.05) is 92.7 Å². The molecule has 0 unspecified atom stereocenters. The van der Waals surface area contributed by atoms with Crippen molar-refractivity contribution in [3.05, 3.63) is 117 Å². The van der Waals surface area contributed by atoms with E-state index in [1.54, 1.807) is 35.7 Å². The summed E-state index contributed by atoms with van der Waals surface area (Å²) in [5, 5.41) is 13.8. The first-order chi connectivity index (χ1) is 17.9. The number of rotatable bonds is 4.